The highest BCUT2D eigenvalue weighted by atomic mass is 35.5. The Morgan fingerprint density at radius 3 is 2.94 bits per heavy atom. The van der Waals surface area contributed by atoms with Crippen LogP contribution in [0.1, 0.15) is 20.2 Å². The van der Waals surface area contributed by atoms with Crippen LogP contribution in [0.2, 0.25) is 5.02 Å². The van der Waals surface area contributed by atoms with E-state index in [-0.39, 0.29) is 5.97 Å². The van der Waals surface area contributed by atoms with E-state index in [2.05, 4.69) is 9.72 Å². The van der Waals surface area contributed by atoms with Gasteiger partial charge < -0.3 is 4.74 Å². The van der Waals surface area contributed by atoms with E-state index < -0.39 is 0 Å². The van der Waals surface area contributed by atoms with Crippen LogP contribution in [-0.2, 0) is 11.2 Å². The van der Waals surface area contributed by atoms with Gasteiger partial charge in [0.15, 0.2) is 0 Å². The summed E-state index contributed by atoms with van der Waals surface area (Å²) in [5.74, 6) is -0.354. The summed E-state index contributed by atoms with van der Waals surface area (Å²) in [6, 6.07) is 7.59. The second-order valence-corrected chi connectivity index (χ2v) is 4.90. The first kappa shape index (κ1) is 12.1. The monoisotopic (exact) mass is 267 g/mol. The van der Waals surface area contributed by atoms with E-state index in [1.54, 1.807) is 0 Å². The van der Waals surface area contributed by atoms with Crippen LogP contribution in [0.5, 0.6) is 0 Å². The average molecular weight is 268 g/mol. The lowest BCUT2D eigenvalue weighted by Crippen LogP contribution is -1.96. The number of hydrogen-bond acceptors (Lipinski definition) is 4. The van der Waals surface area contributed by atoms with E-state index in [1.807, 2.05) is 24.3 Å². The van der Waals surface area contributed by atoms with Crippen LogP contribution in [0.15, 0.2) is 30.5 Å². The third-order valence-corrected chi connectivity index (χ3v) is 3.59. The maximum absolute atomic E-state index is 11.3. The van der Waals surface area contributed by atoms with Crippen LogP contribution in [0.25, 0.3) is 0 Å². The molecule has 0 fully saturated rings. The summed E-state index contributed by atoms with van der Waals surface area (Å²) in [7, 11) is 1.36. The Morgan fingerprint density at radius 2 is 2.24 bits per heavy atom. The maximum atomic E-state index is 11.3. The lowest BCUT2D eigenvalue weighted by atomic mass is 10.2. The number of esters is 1. The van der Waals surface area contributed by atoms with Gasteiger partial charge in [-0.05, 0) is 11.6 Å². The molecule has 0 saturated heterocycles. The zero-order valence-electron chi connectivity index (χ0n) is 9.14. The fraction of sp³-hybridized carbons (Fsp3) is 0.167. The molecule has 0 amide bonds. The van der Waals surface area contributed by atoms with Gasteiger partial charge in [-0.25, -0.2) is 9.78 Å². The maximum Gasteiger partial charge on any atom is 0.349 e. The SMILES string of the molecule is COC(=O)c1cnc(Cc2ccccc2Cl)s1. The Balaban J connectivity index is 2.17. The van der Waals surface area contributed by atoms with Crippen molar-refractivity contribution in [1.82, 2.24) is 4.98 Å². The number of aromatic nitrogens is 1. The van der Waals surface area contributed by atoms with E-state index >= 15 is 0 Å². The van der Waals surface area contributed by atoms with Crippen molar-refractivity contribution in [1.29, 1.82) is 0 Å². The Labute approximate surface area is 108 Å². The van der Waals surface area contributed by atoms with Crippen LogP contribution < -0.4 is 0 Å². The summed E-state index contributed by atoms with van der Waals surface area (Å²) < 4.78 is 4.63. The molecule has 3 nitrogen and oxygen atoms in total. The van der Waals surface area contributed by atoms with E-state index in [1.165, 1.54) is 24.6 Å². The first-order valence-corrected chi connectivity index (χ1v) is 6.16. The molecular formula is C12H10ClNO2S. The van der Waals surface area contributed by atoms with Gasteiger partial charge >= 0.3 is 5.97 Å². The average Bonchev–Trinajstić information content (AvgIpc) is 2.80. The number of hydrogen-bond donors (Lipinski definition) is 0. The lowest BCUT2D eigenvalue weighted by Gasteiger charge is -2.00. The smallest absolute Gasteiger partial charge is 0.349 e. The van der Waals surface area contributed by atoms with Crippen LogP contribution in [0.3, 0.4) is 0 Å². The second-order valence-electron chi connectivity index (χ2n) is 3.38. The third kappa shape index (κ3) is 2.84. The molecule has 1 aromatic heterocycles. The quantitative estimate of drug-likeness (QED) is 0.802. The van der Waals surface area contributed by atoms with Crippen LogP contribution in [0.4, 0.5) is 0 Å². The van der Waals surface area contributed by atoms with Gasteiger partial charge in [0, 0.05) is 11.4 Å². The van der Waals surface area contributed by atoms with Crippen LogP contribution >= 0.6 is 22.9 Å². The van der Waals surface area contributed by atoms with Gasteiger partial charge in [-0.3, -0.25) is 0 Å². The summed E-state index contributed by atoms with van der Waals surface area (Å²) in [4.78, 5) is 16.0. The molecule has 1 heterocycles. The molecule has 0 spiro atoms. The zero-order valence-corrected chi connectivity index (χ0v) is 10.7. The second kappa shape index (κ2) is 5.29. The van der Waals surface area contributed by atoms with Crippen molar-refractivity contribution in [2.45, 2.75) is 6.42 Å². The summed E-state index contributed by atoms with van der Waals surface area (Å²) >= 11 is 7.38. The number of halogens is 1. The first-order valence-electron chi connectivity index (χ1n) is 4.97. The zero-order chi connectivity index (χ0) is 12.3. The summed E-state index contributed by atoms with van der Waals surface area (Å²) in [6.07, 6.45) is 2.16. The number of ether oxygens (including phenoxy) is 1. The Hall–Kier alpha value is -1.39. The standard InChI is InChI=1S/C12H10ClNO2S/c1-16-12(15)10-7-14-11(17-10)6-8-4-2-3-5-9(8)13/h2-5,7H,6H2,1H3. The molecule has 0 bridgehead atoms. The Kier molecular flexibility index (Phi) is 3.76. The minimum atomic E-state index is -0.354. The molecular weight excluding hydrogens is 258 g/mol. The molecule has 0 aliphatic carbocycles. The highest BCUT2D eigenvalue weighted by molar-refractivity contribution is 7.13. The molecule has 5 heteroatoms. The lowest BCUT2D eigenvalue weighted by molar-refractivity contribution is 0.0606. The predicted molar refractivity (Wildman–Crippen MR) is 67.7 cm³/mol. The molecule has 0 atom stereocenters. The van der Waals surface area contributed by atoms with Gasteiger partial charge in [0.1, 0.15) is 4.88 Å². The van der Waals surface area contributed by atoms with E-state index in [4.69, 9.17) is 11.6 Å². The number of rotatable bonds is 3. The molecule has 0 N–H and O–H groups in total. The predicted octanol–water partition coefficient (Wildman–Crippen LogP) is 3.17. The van der Waals surface area contributed by atoms with Crippen LogP contribution in [0, 0.1) is 0 Å². The topological polar surface area (TPSA) is 39.2 Å². The van der Waals surface area contributed by atoms with Crippen molar-refractivity contribution < 1.29 is 9.53 Å². The number of benzene rings is 1. The van der Waals surface area contributed by atoms with Crippen molar-refractivity contribution in [3.63, 3.8) is 0 Å². The highest BCUT2D eigenvalue weighted by Crippen LogP contribution is 2.22. The molecule has 0 saturated carbocycles. The van der Waals surface area contributed by atoms with Gasteiger partial charge in [0.05, 0.1) is 18.3 Å². The minimum absolute atomic E-state index is 0.354. The molecule has 2 rings (SSSR count). The van der Waals surface area contributed by atoms with Gasteiger partial charge in [0.2, 0.25) is 0 Å². The number of carbonyl (C=O) groups excluding carboxylic acids is 1. The largest absolute Gasteiger partial charge is 0.465 e. The molecule has 88 valence electrons. The molecule has 2 aromatic rings. The molecule has 17 heavy (non-hydrogen) atoms. The van der Waals surface area contributed by atoms with Crippen molar-refractivity contribution in [2.24, 2.45) is 0 Å². The summed E-state index contributed by atoms with van der Waals surface area (Å²) in [5, 5.41) is 1.56. The molecule has 0 unspecified atom stereocenters. The molecule has 0 aliphatic rings. The van der Waals surface area contributed by atoms with E-state index in [9.17, 15) is 4.79 Å². The third-order valence-electron chi connectivity index (χ3n) is 2.24. The highest BCUT2D eigenvalue weighted by Gasteiger charge is 2.11. The Morgan fingerprint density at radius 1 is 1.47 bits per heavy atom. The van der Waals surface area contributed by atoms with Gasteiger partial charge in [-0.15, -0.1) is 11.3 Å². The molecule has 1 aromatic carbocycles. The van der Waals surface area contributed by atoms with Gasteiger partial charge in [-0.1, -0.05) is 29.8 Å². The normalized spacial score (nSPS) is 10.2. The number of nitrogens with zero attached hydrogens (tertiary/aromatic N) is 1. The fourth-order valence-electron chi connectivity index (χ4n) is 1.39. The Bertz CT molecular complexity index is 539. The van der Waals surface area contributed by atoms with E-state index in [0.717, 1.165) is 10.6 Å². The summed E-state index contributed by atoms with van der Waals surface area (Å²) in [6.45, 7) is 0. The van der Waals surface area contributed by atoms with Crippen molar-refractivity contribution in [2.75, 3.05) is 7.11 Å². The number of methoxy groups -OCH3 is 1. The fourth-order valence-corrected chi connectivity index (χ4v) is 2.45. The van der Waals surface area contributed by atoms with Gasteiger partial charge in [0.25, 0.3) is 0 Å². The first-order chi connectivity index (χ1) is 8.20. The molecule has 0 radical (unpaired) electrons. The summed E-state index contributed by atoms with van der Waals surface area (Å²) in [5.41, 5.74) is 1.000. The number of thiazole rings is 1. The number of carbonyl (C=O) groups is 1. The van der Waals surface area contributed by atoms with Gasteiger partial charge in [-0.2, -0.15) is 0 Å². The molecule has 0 aliphatic heterocycles. The van der Waals surface area contributed by atoms with Crippen molar-refractivity contribution >= 4 is 28.9 Å². The minimum Gasteiger partial charge on any atom is -0.465 e. The van der Waals surface area contributed by atoms with Crippen molar-refractivity contribution in [3.05, 3.63) is 50.9 Å². The van der Waals surface area contributed by atoms with E-state index in [0.29, 0.717) is 16.3 Å². The van der Waals surface area contributed by atoms with Crippen molar-refractivity contribution in [3.8, 4) is 0 Å². The van der Waals surface area contributed by atoms with Crippen LogP contribution in [-0.4, -0.2) is 18.1 Å².